The first-order chi connectivity index (χ1) is 9.89. The van der Waals surface area contributed by atoms with Gasteiger partial charge in [0.1, 0.15) is 0 Å². The molecule has 1 aromatic rings. The molecule has 1 amide bonds. The van der Waals surface area contributed by atoms with Crippen molar-refractivity contribution in [1.29, 1.82) is 0 Å². The molecule has 118 valence electrons. The lowest BCUT2D eigenvalue weighted by molar-refractivity contribution is -0.131. The molecule has 1 saturated heterocycles. The lowest BCUT2D eigenvalue weighted by atomic mass is 9.98. The summed E-state index contributed by atoms with van der Waals surface area (Å²) in [6.45, 7) is 5.71. The molecule has 1 N–H and O–H groups in total. The van der Waals surface area contributed by atoms with Crippen LogP contribution in [-0.2, 0) is 11.3 Å². The molecule has 21 heavy (non-hydrogen) atoms. The van der Waals surface area contributed by atoms with Crippen LogP contribution in [0.3, 0.4) is 0 Å². The number of hydrogen-bond donors (Lipinski definition) is 1. The molecule has 1 fully saturated rings. The van der Waals surface area contributed by atoms with Gasteiger partial charge in [0.15, 0.2) is 0 Å². The average Bonchev–Trinajstić information content (AvgIpc) is 2.62. The van der Waals surface area contributed by atoms with Crippen molar-refractivity contribution in [2.24, 2.45) is 0 Å². The summed E-state index contributed by atoms with van der Waals surface area (Å²) in [6, 6.07) is 0. The van der Waals surface area contributed by atoms with E-state index in [4.69, 9.17) is 0 Å². The Morgan fingerprint density at radius 3 is 2.86 bits per heavy atom. The van der Waals surface area contributed by atoms with E-state index >= 15 is 0 Å². The van der Waals surface area contributed by atoms with E-state index in [0.29, 0.717) is 32.4 Å². The molecule has 0 spiro atoms. The van der Waals surface area contributed by atoms with E-state index in [1.54, 1.807) is 4.57 Å². The van der Waals surface area contributed by atoms with E-state index in [1.807, 2.05) is 24.1 Å². The summed E-state index contributed by atoms with van der Waals surface area (Å²) >= 11 is 1.20. The number of rotatable bonds is 4. The zero-order chi connectivity index (χ0) is 15.5. The van der Waals surface area contributed by atoms with Crippen LogP contribution in [0.25, 0.3) is 0 Å². The number of carbonyl (C=O) groups excluding carboxylic acids is 1. The number of thiazole rings is 1. The molecule has 2 rings (SSSR count). The third-order valence-electron chi connectivity index (χ3n) is 4.17. The van der Waals surface area contributed by atoms with E-state index in [1.165, 1.54) is 11.3 Å². The molecule has 1 atom stereocenters. The lowest BCUT2D eigenvalue weighted by Crippen LogP contribution is -2.33. The summed E-state index contributed by atoms with van der Waals surface area (Å²) in [5.74, 6) is 0.133. The maximum atomic E-state index is 12.2. The van der Waals surface area contributed by atoms with Gasteiger partial charge in [0.05, 0.1) is 5.60 Å². The molecule has 0 aromatic carbocycles. The minimum atomic E-state index is -0.643. The molecule has 0 aliphatic carbocycles. The summed E-state index contributed by atoms with van der Waals surface area (Å²) in [7, 11) is 0. The molecule has 2 heterocycles. The van der Waals surface area contributed by atoms with Gasteiger partial charge in [0.25, 0.3) is 0 Å². The molecule has 1 aliphatic heterocycles. The van der Waals surface area contributed by atoms with E-state index < -0.39 is 5.60 Å². The first-order valence-corrected chi connectivity index (χ1v) is 8.42. The van der Waals surface area contributed by atoms with Gasteiger partial charge in [-0.2, -0.15) is 0 Å². The van der Waals surface area contributed by atoms with Crippen LogP contribution in [0.15, 0.2) is 10.2 Å². The van der Waals surface area contributed by atoms with Gasteiger partial charge in [0.2, 0.25) is 5.91 Å². The van der Waals surface area contributed by atoms with Crippen LogP contribution < -0.4 is 4.87 Å². The van der Waals surface area contributed by atoms with Crippen LogP contribution in [0.2, 0.25) is 0 Å². The van der Waals surface area contributed by atoms with Crippen molar-refractivity contribution in [2.45, 2.75) is 58.1 Å². The number of carbonyl (C=O) groups is 1. The molecule has 0 radical (unpaired) electrons. The van der Waals surface area contributed by atoms with Gasteiger partial charge in [-0.1, -0.05) is 11.3 Å². The van der Waals surface area contributed by atoms with Gasteiger partial charge >= 0.3 is 4.87 Å². The molecular weight excluding hydrogens is 288 g/mol. The van der Waals surface area contributed by atoms with Crippen molar-refractivity contribution < 1.29 is 9.90 Å². The maximum absolute atomic E-state index is 12.2. The van der Waals surface area contributed by atoms with Crippen LogP contribution in [0.5, 0.6) is 0 Å². The molecule has 5 nitrogen and oxygen atoms in total. The first-order valence-electron chi connectivity index (χ1n) is 7.54. The van der Waals surface area contributed by atoms with Gasteiger partial charge < -0.3 is 14.6 Å². The van der Waals surface area contributed by atoms with Gasteiger partial charge in [-0.15, -0.1) is 0 Å². The Bertz CT molecular complexity index is 547. The number of hydrogen-bond acceptors (Lipinski definition) is 4. The van der Waals surface area contributed by atoms with Crippen LogP contribution in [-0.4, -0.2) is 39.2 Å². The number of nitrogens with zero attached hydrogens (tertiary/aromatic N) is 2. The number of aromatic nitrogens is 1. The third-order valence-corrected chi connectivity index (χ3v) is 5.05. The number of amides is 1. The minimum Gasteiger partial charge on any atom is -0.390 e. The second kappa shape index (κ2) is 6.75. The molecular formula is C15H24N2O3S. The highest BCUT2D eigenvalue weighted by molar-refractivity contribution is 7.07. The lowest BCUT2D eigenvalue weighted by Gasteiger charge is -2.22. The smallest absolute Gasteiger partial charge is 0.307 e. The van der Waals surface area contributed by atoms with Crippen LogP contribution in [0, 0.1) is 6.92 Å². The van der Waals surface area contributed by atoms with E-state index in [0.717, 1.165) is 25.1 Å². The highest BCUT2D eigenvalue weighted by atomic mass is 32.1. The van der Waals surface area contributed by atoms with Crippen molar-refractivity contribution in [3.8, 4) is 0 Å². The van der Waals surface area contributed by atoms with Crippen LogP contribution >= 0.6 is 11.3 Å². The van der Waals surface area contributed by atoms with Crippen molar-refractivity contribution >= 4 is 17.2 Å². The molecule has 0 bridgehead atoms. The Kier molecular flexibility index (Phi) is 5.22. The maximum Gasteiger partial charge on any atom is 0.307 e. The summed E-state index contributed by atoms with van der Waals surface area (Å²) in [4.78, 5) is 25.7. The number of aliphatic hydroxyl groups is 1. The fourth-order valence-electron chi connectivity index (χ4n) is 2.73. The van der Waals surface area contributed by atoms with Crippen molar-refractivity contribution in [1.82, 2.24) is 9.47 Å². The fourth-order valence-corrected chi connectivity index (χ4v) is 3.49. The third kappa shape index (κ3) is 4.41. The Morgan fingerprint density at radius 1 is 1.43 bits per heavy atom. The van der Waals surface area contributed by atoms with Crippen molar-refractivity contribution in [3.63, 3.8) is 0 Å². The summed E-state index contributed by atoms with van der Waals surface area (Å²) in [5, 5.41) is 11.9. The van der Waals surface area contributed by atoms with Crippen LogP contribution in [0.4, 0.5) is 0 Å². The zero-order valence-corrected chi connectivity index (χ0v) is 13.6. The van der Waals surface area contributed by atoms with Crippen molar-refractivity contribution in [3.05, 3.63) is 20.7 Å². The predicted octanol–water partition coefficient (Wildman–Crippen LogP) is 1.76. The quantitative estimate of drug-likeness (QED) is 0.921. The Labute approximate surface area is 129 Å². The Hall–Kier alpha value is -1.14. The predicted molar refractivity (Wildman–Crippen MR) is 83.6 cm³/mol. The Balaban J connectivity index is 1.81. The van der Waals surface area contributed by atoms with Crippen LogP contribution in [0.1, 0.15) is 44.7 Å². The highest BCUT2D eigenvalue weighted by Gasteiger charge is 2.26. The fraction of sp³-hybridized carbons (Fsp3) is 0.733. The monoisotopic (exact) mass is 312 g/mol. The number of likely N-dealkylation sites (tertiary alicyclic amines) is 1. The minimum absolute atomic E-state index is 0.0470. The normalized spacial score (nSPS) is 23.1. The zero-order valence-electron chi connectivity index (χ0n) is 12.8. The van der Waals surface area contributed by atoms with Gasteiger partial charge in [0, 0.05) is 37.1 Å². The van der Waals surface area contributed by atoms with E-state index in [-0.39, 0.29) is 10.8 Å². The largest absolute Gasteiger partial charge is 0.390 e. The summed E-state index contributed by atoms with van der Waals surface area (Å²) < 4.78 is 1.73. The highest BCUT2D eigenvalue weighted by Crippen LogP contribution is 2.21. The molecule has 1 unspecified atom stereocenters. The second-order valence-corrected chi connectivity index (χ2v) is 6.95. The van der Waals surface area contributed by atoms with E-state index in [9.17, 15) is 14.7 Å². The SMILES string of the molecule is Cc1csc(=O)n1CCCC(=O)N1CCCC(C)(O)CC1. The topological polar surface area (TPSA) is 62.5 Å². The second-order valence-electron chi connectivity index (χ2n) is 6.13. The van der Waals surface area contributed by atoms with Gasteiger partial charge in [-0.3, -0.25) is 9.59 Å². The van der Waals surface area contributed by atoms with Gasteiger partial charge in [-0.25, -0.2) is 0 Å². The van der Waals surface area contributed by atoms with E-state index in [2.05, 4.69) is 0 Å². The molecule has 1 aromatic heterocycles. The molecule has 0 saturated carbocycles. The first kappa shape index (κ1) is 16.2. The standard InChI is InChI=1S/C15H24N2O3S/c1-12-11-21-14(19)17(12)9-3-5-13(18)16-8-4-6-15(2,20)7-10-16/h11,20H,3-10H2,1-2H3. The van der Waals surface area contributed by atoms with Crippen molar-refractivity contribution in [2.75, 3.05) is 13.1 Å². The molecule has 1 aliphatic rings. The summed E-state index contributed by atoms with van der Waals surface area (Å²) in [6.07, 6.45) is 3.39. The van der Waals surface area contributed by atoms with Gasteiger partial charge in [-0.05, 0) is 39.5 Å². The average molecular weight is 312 g/mol. The number of aryl methyl sites for hydroxylation is 1. The summed E-state index contributed by atoms with van der Waals surface area (Å²) in [5.41, 5.74) is 0.319. The Morgan fingerprint density at radius 2 is 2.19 bits per heavy atom. The molecule has 6 heteroatoms.